The molecule has 0 aliphatic carbocycles. The third-order valence-corrected chi connectivity index (χ3v) is 2.29. The molecule has 1 aromatic carbocycles. The van der Waals surface area contributed by atoms with Gasteiger partial charge >= 0.3 is 5.97 Å². The van der Waals surface area contributed by atoms with Gasteiger partial charge in [0.05, 0.1) is 0 Å². The van der Waals surface area contributed by atoms with Gasteiger partial charge < -0.3 is 9.84 Å². The Morgan fingerprint density at radius 2 is 2.27 bits per heavy atom. The summed E-state index contributed by atoms with van der Waals surface area (Å²) in [7, 11) is 0. The number of hydrogen-bond donors (Lipinski definition) is 1. The molecule has 0 amide bonds. The fourth-order valence-electron chi connectivity index (χ4n) is 1.21. The topological polar surface area (TPSA) is 46.5 Å². The molecule has 0 spiro atoms. The minimum atomic E-state index is -0.952. The number of halogens is 1. The summed E-state index contributed by atoms with van der Waals surface area (Å²) in [5.74, 6) is -0.388. The highest BCUT2D eigenvalue weighted by molar-refractivity contribution is 6.30. The quantitative estimate of drug-likeness (QED) is 0.862. The molecule has 0 heterocycles. The largest absolute Gasteiger partial charge is 0.479 e. The highest BCUT2D eigenvalue weighted by atomic mass is 35.5. The van der Waals surface area contributed by atoms with Crippen LogP contribution in [-0.4, -0.2) is 17.2 Å². The molecule has 0 aliphatic rings. The maximum atomic E-state index is 10.8. The minimum absolute atomic E-state index is 0.428. The molecule has 1 N–H and O–H groups in total. The number of carboxylic acid groups (broad SMARTS) is 1. The van der Waals surface area contributed by atoms with Crippen LogP contribution in [0.4, 0.5) is 0 Å². The standard InChI is InChI=1S/C11H13ClO3/c1-3-9(11(13)14)15-10-5-4-8(12)6-7(10)2/h4-6,9H,3H2,1-2H3,(H,13,14). The molecule has 1 rings (SSSR count). The second-order valence-corrected chi connectivity index (χ2v) is 3.70. The lowest BCUT2D eigenvalue weighted by Crippen LogP contribution is -2.26. The lowest BCUT2D eigenvalue weighted by Gasteiger charge is -2.14. The SMILES string of the molecule is CCC(Oc1ccc(Cl)cc1C)C(=O)O. The first-order chi connectivity index (χ1) is 7.04. The molecule has 15 heavy (non-hydrogen) atoms. The van der Waals surface area contributed by atoms with Gasteiger partial charge in [-0.1, -0.05) is 18.5 Å². The van der Waals surface area contributed by atoms with Gasteiger partial charge in [0.1, 0.15) is 5.75 Å². The van der Waals surface area contributed by atoms with Crippen LogP contribution in [0.15, 0.2) is 18.2 Å². The number of carboxylic acids is 1. The number of rotatable bonds is 4. The van der Waals surface area contributed by atoms with E-state index in [1.165, 1.54) is 0 Å². The van der Waals surface area contributed by atoms with E-state index in [0.717, 1.165) is 5.56 Å². The first kappa shape index (κ1) is 11.9. The molecule has 0 saturated carbocycles. The van der Waals surface area contributed by atoms with Gasteiger partial charge in [-0.05, 0) is 37.1 Å². The summed E-state index contributed by atoms with van der Waals surface area (Å²) >= 11 is 5.78. The van der Waals surface area contributed by atoms with Gasteiger partial charge in [-0.2, -0.15) is 0 Å². The summed E-state index contributed by atoms with van der Waals surface area (Å²) in [6.45, 7) is 3.60. The lowest BCUT2D eigenvalue weighted by atomic mass is 10.2. The van der Waals surface area contributed by atoms with E-state index in [-0.39, 0.29) is 0 Å². The second kappa shape index (κ2) is 5.03. The van der Waals surface area contributed by atoms with E-state index in [2.05, 4.69) is 0 Å². The zero-order chi connectivity index (χ0) is 11.4. The van der Waals surface area contributed by atoms with Gasteiger partial charge in [0, 0.05) is 5.02 Å². The molecule has 0 aromatic heterocycles. The van der Waals surface area contributed by atoms with Crippen molar-refractivity contribution in [2.45, 2.75) is 26.4 Å². The highest BCUT2D eigenvalue weighted by Gasteiger charge is 2.17. The van der Waals surface area contributed by atoms with Gasteiger partial charge in [-0.3, -0.25) is 0 Å². The van der Waals surface area contributed by atoms with Crippen molar-refractivity contribution in [1.29, 1.82) is 0 Å². The first-order valence-electron chi connectivity index (χ1n) is 4.70. The molecule has 0 radical (unpaired) electrons. The van der Waals surface area contributed by atoms with Crippen LogP contribution in [0.25, 0.3) is 0 Å². The van der Waals surface area contributed by atoms with Crippen molar-refractivity contribution >= 4 is 17.6 Å². The lowest BCUT2D eigenvalue weighted by molar-refractivity contribution is -0.145. The molecule has 3 nitrogen and oxygen atoms in total. The Morgan fingerprint density at radius 3 is 2.73 bits per heavy atom. The number of benzene rings is 1. The van der Waals surface area contributed by atoms with Gasteiger partial charge in [-0.25, -0.2) is 4.79 Å². The zero-order valence-corrected chi connectivity index (χ0v) is 9.41. The van der Waals surface area contributed by atoms with Crippen molar-refractivity contribution in [2.24, 2.45) is 0 Å². The molecular formula is C11H13ClO3. The van der Waals surface area contributed by atoms with Crippen LogP contribution in [0, 0.1) is 6.92 Å². The van der Waals surface area contributed by atoms with Crippen molar-refractivity contribution < 1.29 is 14.6 Å². The fraction of sp³-hybridized carbons (Fsp3) is 0.364. The third-order valence-electron chi connectivity index (χ3n) is 2.05. The Hall–Kier alpha value is -1.22. The highest BCUT2D eigenvalue weighted by Crippen LogP contribution is 2.23. The Bertz CT molecular complexity index is 363. The van der Waals surface area contributed by atoms with Crippen molar-refractivity contribution in [3.05, 3.63) is 28.8 Å². The molecule has 0 saturated heterocycles. The predicted octanol–water partition coefficient (Wildman–Crippen LogP) is 2.89. The van der Waals surface area contributed by atoms with Crippen molar-refractivity contribution in [3.8, 4) is 5.75 Å². The number of carbonyl (C=O) groups is 1. The number of hydrogen-bond acceptors (Lipinski definition) is 2. The van der Waals surface area contributed by atoms with E-state index in [4.69, 9.17) is 21.4 Å². The summed E-state index contributed by atoms with van der Waals surface area (Å²) in [6, 6.07) is 5.10. The number of ether oxygens (including phenoxy) is 1. The van der Waals surface area contributed by atoms with E-state index in [0.29, 0.717) is 17.2 Å². The van der Waals surface area contributed by atoms with Gasteiger partial charge in [-0.15, -0.1) is 0 Å². The second-order valence-electron chi connectivity index (χ2n) is 3.26. The third kappa shape index (κ3) is 3.13. The summed E-state index contributed by atoms with van der Waals surface area (Å²) in [5.41, 5.74) is 0.835. The molecule has 0 bridgehead atoms. The Kier molecular flexibility index (Phi) is 3.97. The smallest absolute Gasteiger partial charge is 0.344 e. The minimum Gasteiger partial charge on any atom is -0.479 e. The van der Waals surface area contributed by atoms with Crippen LogP contribution < -0.4 is 4.74 Å². The number of aliphatic carboxylic acids is 1. The predicted molar refractivity (Wildman–Crippen MR) is 58.5 cm³/mol. The number of aryl methyl sites for hydroxylation is 1. The Balaban J connectivity index is 2.84. The van der Waals surface area contributed by atoms with E-state index in [1.807, 2.05) is 6.92 Å². The maximum absolute atomic E-state index is 10.8. The summed E-state index contributed by atoms with van der Waals surface area (Å²) in [6.07, 6.45) is -0.373. The molecule has 82 valence electrons. The van der Waals surface area contributed by atoms with Crippen molar-refractivity contribution in [1.82, 2.24) is 0 Å². The summed E-state index contributed by atoms with van der Waals surface area (Å²) in [5, 5.41) is 9.44. The van der Waals surface area contributed by atoms with Crippen LogP contribution in [0.1, 0.15) is 18.9 Å². The molecule has 1 atom stereocenters. The van der Waals surface area contributed by atoms with Crippen LogP contribution in [0.2, 0.25) is 5.02 Å². The van der Waals surface area contributed by atoms with E-state index < -0.39 is 12.1 Å². The molecule has 1 unspecified atom stereocenters. The molecule has 1 aromatic rings. The van der Waals surface area contributed by atoms with Crippen LogP contribution in [0.5, 0.6) is 5.75 Å². The molecule has 4 heteroatoms. The zero-order valence-electron chi connectivity index (χ0n) is 8.66. The van der Waals surface area contributed by atoms with Gasteiger partial charge in [0.15, 0.2) is 6.10 Å². The molecule has 0 aliphatic heterocycles. The van der Waals surface area contributed by atoms with E-state index >= 15 is 0 Å². The van der Waals surface area contributed by atoms with Crippen LogP contribution >= 0.6 is 11.6 Å². The van der Waals surface area contributed by atoms with Crippen molar-refractivity contribution in [2.75, 3.05) is 0 Å². The van der Waals surface area contributed by atoms with Gasteiger partial charge in [0.2, 0.25) is 0 Å². The molecule has 0 fully saturated rings. The fourth-order valence-corrected chi connectivity index (χ4v) is 1.43. The van der Waals surface area contributed by atoms with Crippen molar-refractivity contribution in [3.63, 3.8) is 0 Å². The monoisotopic (exact) mass is 228 g/mol. The average molecular weight is 229 g/mol. The normalized spacial score (nSPS) is 12.2. The van der Waals surface area contributed by atoms with Crippen LogP contribution in [0.3, 0.4) is 0 Å². The Labute approximate surface area is 93.6 Å². The summed E-state index contributed by atoms with van der Waals surface area (Å²) in [4.78, 5) is 10.8. The summed E-state index contributed by atoms with van der Waals surface area (Å²) < 4.78 is 5.35. The Morgan fingerprint density at radius 1 is 1.60 bits per heavy atom. The van der Waals surface area contributed by atoms with E-state index in [1.54, 1.807) is 25.1 Å². The first-order valence-corrected chi connectivity index (χ1v) is 5.08. The van der Waals surface area contributed by atoms with Crippen LogP contribution in [-0.2, 0) is 4.79 Å². The van der Waals surface area contributed by atoms with Gasteiger partial charge in [0.25, 0.3) is 0 Å². The van der Waals surface area contributed by atoms with E-state index in [9.17, 15) is 4.79 Å². The average Bonchev–Trinajstić information content (AvgIpc) is 2.16. The molecular weight excluding hydrogens is 216 g/mol. The maximum Gasteiger partial charge on any atom is 0.344 e.